The topological polar surface area (TPSA) is 43.6 Å². The Balaban J connectivity index is 1.82. The summed E-state index contributed by atoms with van der Waals surface area (Å²) < 4.78 is 30.8. The van der Waals surface area contributed by atoms with Crippen LogP contribution in [-0.2, 0) is 0 Å². The van der Waals surface area contributed by atoms with Crippen molar-refractivity contribution in [3.63, 3.8) is 0 Å². The predicted octanol–water partition coefficient (Wildman–Crippen LogP) is 7.42. The summed E-state index contributed by atoms with van der Waals surface area (Å²) in [5.41, 5.74) is 5.61. The Morgan fingerprint density at radius 3 is 2.19 bits per heavy atom. The van der Waals surface area contributed by atoms with Crippen molar-refractivity contribution in [2.45, 2.75) is 44.1 Å². The number of hydrogen-bond acceptors (Lipinski definition) is 5. The van der Waals surface area contributed by atoms with Crippen molar-refractivity contribution in [1.82, 2.24) is 19.7 Å². The second-order valence-corrected chi connectivity index (χ2v) is 11.0. The third-order valence-electron chi connectivity index (χ3n) is 4.67. The number of halogens is 3. The van der Waals surface area contributed by atoms with E-state index in [0.717, 1.165) is 32.4 Å². The fourth-order valence-corrected chi connectivity index (χ4v) is 5.95. The van der Waals surface area contributed by atoms with E-state index in [4.69, 9.17) is 16.6 Å². The zero-order chi connectivity index (χ0) is 23.2. The van der Waals surface area contributed by atoms with Gasteiger partial charge in [-0.2, -0.15) is 5.10 Å². The van der Waals surface area contributed by atoms with Crippen molar-refractivity contribution in [3.05, 3.63) is 64.2 Å². The van der Waals surface area contributed by atoms with Gasteiger partial charge in [-0.1, -0.05) is 36.8 Å². The Hall–Kier alpha value is -2.29. The fourth-order valence-electron chi connectivity index (χ4n) is 3.39. The molecule has 4 aromatic rings. The molecule has 0 aliphatic carbocycles. The smallest absolute Gasteiger partial charge is 0.211 e. The first-order valence-corrected chi connectivity index (χ1v) is 12.0. The third-order valence-corrected chi connectivity index (χ3v) is 7.29. The molecule has 4 rings (SSSR count). The molecule has 1 aromatic carbocycles. The number of thiazole rings is 1. The quantitative estimate of drug-likeness (QED) is 0.216. The lowest BCUT2D eigenvalue weighted by molar-refractivity contribution is 0.585. The highest BCUT2D eigenvalue weighted by atomic mass is 35.5. The molecule has 0 atom stereocenters. The van der Waals surface area contributed by atoms with Gasteiger partial charge in [0.2, 0.25) is 5.13 Å². The van der Waals surface area contributed by atoms with E-state index in [2.05, 4.69) is 23.9 Å². The predicted molar refractivity (Wildman–Crippen MR) is 128 cm³/mol. The van der Waals surface area contributed by atoms with Crippen LogP contribution in [0.15, 0.2) is 34.7 Å². The van der Waals surface area contributed by atoms with Crippen LogP contribution in [0.25, 0.3) is 27.5 Å². The van der Waals surface area contributed by atoms with E-state index in [-0.39, 0.29) is 5.25 Å². The molecule has 0 amide bonds. The molecule has 0 aliphatic heterocycles. The number of aryl methyl sites for hydroxylation is 3. The summed E-state index contributed by atoms with van der Waals surface area (Å²) in [4.78, 5) is 9.15. The molecular weight excluding hydrogens is 470 g/mol. The summed E-state index contributed by atoms with van der Waals surface area (Å²) in [5, 5.41) is 5.03. The van der Waals surface area contributed by atoms with Gasteiger partial charge in [0.15, 0.2) is 0 Å². The molecule has 3 heterocycles. The van der Waals surface area contributed by atoms with Gasteiger partial charge in [0.1, 0.15) is 16.7 Å². The minimum absolute atomic E-state index is 0.265. The van der Waals surface area contributed by atoms with Gasteiger partial charge in [0.05, 0.1) is 15.6 Å². The van der Waals surface area contributed by atoms with Crippen LogP contribution in [0.4, 0.5) is 8.78 Å². The molecule has 9 heteroatoms. The van der Waals surface area contributed by atoms with E-state index in [9.17, 15) is 8.78 Å². The number of nitrogens with zero attached hydrogens (tertiary/aromatic N) is 4. The van der Waals surface area contributed by atoms with Gasteiger partial charge in [-0.3, -0.25) is 4.98 Å². The Kier molecular flexibility index (Phi) is 6.38. The maximum absolute atomic E-state index is 14.1. The van der Waals surface area contributed by atoms with E-state index in [1.165, 1.54) is 23.5 Å². The van der Waals surface area contributed by atoms with Gasteiger partial charge < -0.3 is 0 Å². The van der Waals surface area contributed by atoms with Crippen LogP contribution in [0.5, 0.6) is 0 Å². The second kappa shape index (κ2) is 8.92. The molecule has 166 valence electrons. The van der Waals surface area contributed by atoms with Crippen LogP contribution in [0, 0.1) is 32.4 Å². The van der Waals surface area contributed by atoms with E-state index in [1.807, 2.05) is 39.1 Å². The fraction of sp³-hybridized carbons (Fsp3) is 0.261. The van der Waals surface area contributed by atoms with Crippen LogP contribution in [-0.4, -0.2) is 25.0 Å². The highest BCUT2D eigenvalue weighted by molar-refractivity contribution is 8.01. The highest BCUT2D eigenvalue weighted by Crippen LogP contribution is 2.41. The van der Waals surface area contributed by atoms with Crippen molar-refractivity contribution in [2.24, 2.45) is 0 Å². The van der Waals surface area contributed by atoms with Crippen molar-refractivity contribution in [3.8, 4) is 27.5 Å². The first-order valence-electron chi connectivity index (χ1n) is 9.97. The normalized spacial score (nSPS) is 11.5. The average Bonchev–Trinajstić information content (AvgIpc) is 3.28. The summed E-state index contributed by atoms with van der Waals surface area (Å²) in [7, 11) is 0. The maximum Gasteiger partial charge on any atom is 0.211 e. The molecule has 32 heavy (non-hydrogen) atoms. The minimum atomic E-state index is -0.808. The Labute approximate surface area is 198 Å². The minimum Gasteiger partial charge on any atom is -0.258 e. The van der Waals surface area contributed by atoms with Gasteiger partial charge in [0, 0.05) is 34.0 Å². The number of pyridine rings is 1. The van der Waals surface area contributed by atoms with Crippen LogP contribution in [0.2, 0.25) is 5.02 Å². The summed E-state index contributed by atoms with van der Waals surface area (Å²) in [6.07, 6.45) is 1.93. The number of thioether (sulfide) groups is 1. The van der Waals surface area contributed by atoms with Gasteiger partial charge >= 0.3 is 0 Å². The second-order valence-electron chi connectivity index (χ2n) is 7.76. The SMILES string of the molecule is Cc1cc(-c2cn(-c3nc(-c4cc(F)c(Cl)c(F)c4)c(SC(C)C)s3)nc2C)cc(C)n1. The lowest BCUT2D eigenvalue weighted by Gasteiger charge is -2.06. The molecule has 0 aliphatic rings. The summed E-state index contributed by atoms with van der Waals surface area (Å²) in [5.74, 6) is -1.62. The van der Waals surface area contributed by atoms with Crippen molar-refractivity contribution >= 4 is 34.7 Å². The average molecular weight is 491 g/mol. The van der Waals surface area contributed by atoms with Crippen molar-refractivity contribution in [1.29, 1.82) is 0 Å². The highest BCUT2D eigenvalue weighted by Gasteiger charge is 2.20. The third kappa shape index (κ3) is 4.58. The summed E-state index contributed by atoms with van der Waals surface area (Å²) in [6.45, 7) is 9.98. The monoisotopic (exact) mass is 490 g/mol. The van der Waals surface area contributed by atoms with Crippen LogP contribution in [0.1, 0.15) is 30.9 Å². The molecule has 0 radical (unpaired) electrons. The molecule has 0 spiro atoms. The molecule has 0 N–H and O–H groups in total. The standard InChI is InChI=1S/C23H21ClF2N4S2/c1-11(2)31-22-21(16-8-18(25)20(24)19(26)9-16)28-23(32-22)30-10-17(14(5)29-30)15-6-12(3)27-13(4)7-15/h6-11H,1-5H3. The van der Waals surface area contributed by atoms with Crippen molar-refractivity contribution < 1.29 is 8.78 Å². The number of hydrogen-bond donors (Lipinski definition) is 0. The Morgan fingerprint density at radius 1 is 0.969 bits per heavy atom. The van der Waals surface area contributed by atoms with E-state index < -0.39 is 16.7 Å². The van der Waals surface area contributed by atoms with Crippen LogP contribution in [0.3, 0.4) is 0 Å². The molecule has 3 aromatic heterocycles. The molecule has 0 saturated carbocycles. The lowest BCUT2D eigenvalue weighted by Crippen LogP contribution is -1.94. The number of benzene rings is 1. The van der Waals surface area contributed by atoms with Gasteiger partial charge in [-0.25, -0.2) is 18.4 Å². The molecule has 0 bridgehead atoms. The first kappa shape index (κ1) is 22.9. The van der Waals surface area contributed by atoms with Crippen LogP contribution >= 0.6 is 34.7 Å². The van der Waals surface area contributed by atoms with E-state index >= 15 is 0 Å². The lowest BCUT2D eigenvalue weighted by atomic mass is 10.1. The van der Waals surface area contributed by atoms with E-state index in [1.54, 1.807) is 16.4 Å². The Bertz CT molecular complexity index is 1270. The van der Waals surface area contributed by atoms with Crippen LogP contribution < -0.4 is 0 Å². The number of aromatic nitrogens is 4. The number of rotatable bonds is 5. The van der Waals surface area contributed by atoms with Crippen molar-refractivity contribution in [2.75, 3.05) is 0 Å². The molecule has 0 unspecified atom stereocenters. The summed E-state index contributed by atoms with van der Waals surface area (Å²) >= 11 is 8.70. The zero-order valence-corrected chi connectivity index (χ0v) is 20.6. The summed E-state index contributed by atoms with van der Waals surface area (Å²) in [6, 6.07) is 6.48. The largest absolute Gasteiger partial charge is 0.258 e. The zero-order valence-electron chi connectivity index (χ0n) is 18.2. The van der Waals surface area contributed by atoms with Gasteiger partial charge in [-0.05, 0) is 50.6 Å². The van der Waals surface area contributed by atoms with Gasteiger partial charge in [-0.15, -0.1) is 11.8 Å². The molecular formula is C23H21ClF2N4S2. The Morgan fingerprint density at radius 2 is 1.59 bits per heavy atom. The molecule has 4 nitrogen and oxygen atoms in total. The molecule has 0 saturated heterocycles. The molecule has 0 fully saturated rings. The maximum atomic E-state index is 14.1. The first-order chi connectivity index (χ1) is 15.1. The van der Waals surface area contributed by atoms with E-state index in [0.29, 0.717) is 16.4 Å². The van der Waals surface area contributed by atoms with Gasteiger partial charge in [0.25, 0.3) is 0 Å².